The summed E-state index contributed by atoms with van der Waals surface area (Å²) in [7, 11) is -3.49. The molecule has 3 rings (SSSR count). The van der Waals surface area contributed by atoms with Crippen LogP contribution in [-0.2, 0) is 30.8 Å². The second kappa shape index (κ2) is 10.00. The quantitative estimate of drug-likeness (QED) is 0.640. The van der Waals surface area contributed by atoms with Crippen molar-refractivity contribution in [3.05, 3.63) is 53.4 Å². The van der Waals surface area contributed by atoms with Gasteiger partial charge in [-0.1, -0.05) is 36.4 Å². The van der Waals surface area contributed by atoms with Crippen molar-refractivity contribution in [1.82, 2.24) is 9.62 Å². The molecule has 7 nitrogen and oxygen atoms in total. The van der Waals surface area contributed by atoms with Crippen molar-refractivity contribution in [2.24, 2.45) is 5.92 Å². The number of hydrogen-bond donors (Lipinski definition) is 1. The molecule has 9 heteroatoms. The van der Waals surface area contributed by atoms with Gasteiger partial charge in [0.25, 0.3) is 15.9 Å². The van der Waals surface area contributed by atoms with E-state index in [4.69, 9.17) is 4.74 Å². The van der Waals surface area contributed by atoms with Crippen LogP contribution in [0.2, 0.25) is 0 Å². The van der Waals surface area contributed by atoms with Crippen molar-refractivity contribution in [3.8, 4) is 0 Å². The second-order valence-corrected chi connectivity index (χ2v) is 9.92. The monoisotopic (exact) mass is 436 g/mol. The first-order valence-electron chi connectivity index (χ1n) is 9.48. The summed E-state index contributed by atoms with van der Waals surface area (Å²) in [5, 5.41) is 4.45. The molecular formula is C20H24N2O5S2. The third-order valence-electron chi connectivity index (χ3n) is 4.80. The highest BCUT2D eigenvalue weighted by Gasteiger charge is 2.33. The molecule has 0 aliphatic carbocycles. The number of thiophene rings is 1. The molecule has 29 heavy (non-hydrogen) atoms. The minimum atomic E-state index is -3.49. The van der Waals surface area contributed by atoms with Crippen LogP contribution in [0.3, 0.4) is 0 Å². The number of esters is 1. The standard InChI is InChI=1S/C20H24N2O5S2/c23-18(21-11-8-16-5-2-1-3-6-16)15-27-20(24)17-9-12-22(13-10-17)29(25,26)19-7-4-14-28-19/h1-7,14,17H,8-13,15H2,(H,21,23). The van der Waals surface area contributed by atoms with E-state index in [9.17, 15) is 18.0 Å². The molecule has 0 radical (unpaired) electrons. The summed E-state index contributed by atoms with van der Waals surface area (Å²) in [5.41, 5.74) is 1.12. The minimum Gasteiger partial charge on any atom is -0.455 e. The Labute approximate surface area is 174 Å². The van der Waals surface area contributed by atoms with E-state index in [0.29, 0.717) is 30.0 Å². The second-order valence-electron chi connectivity index (χ2n) is 6.80. The highest BCUT2D eigenvalue weighted by Crippen LogP contribution is 2.26. The van der Waals surface area contributed by atoms with Crippen molar-refractivity contribution in [2.75, 3.05) is 26.2 Å². The average Bonchev–Trinajstić information content (AvgIpc) is 3.29. The Morgan fingerprint density at radius 2 is 1.83 bits per heavy atom. The number of hydrogen-bond acceptors (Lipinski definition) is 6. The summed E-state index contributed by atoms with van der Waals surface area (Å²) in [6.45, 7) is 0.688. The van der Waals surface area contributed by atoms with Crippen LogP contribution in [0.25, 0.3) is 0 Å². The number of benzene rings is 1. The first kappa shape index (κ1) is 21.5. The van der Waals surface area contributed by atoms with Crippen LogP contribution in [0.5, 0.6) is 0 Å². The molecule has 1 aromatic carbocycles. The molecule has 0 saturated carbocycles. The molecule has 1 fully saturated rings. The number of rotatable bonds is 8. The van der Waals surface area contributed by atoms with Crippen LogP contribution >= 0.6 is 11.3 Å². The summed E-state index contributed by atoms with van der Waals surface area (Å²) in [5.74, 6) is -1.18. The summed E-state index contributed by atoms with van der Waals surface area (Å²) in [6, 6.07) is 13.1. The maximum atomic E-state index is 12.5. The van der Waals surface area contributed by atoms with Crippen LogP contribution < -0.4 is 5.32 Å². The molecule has 1 amide bonds. The smallest absolute Gasteiger partial charge is 0.309 e. The van der Waals surface area contributed by atoms with E-state index in [1.54, 1.807) is 17.5 Å². The number of carbonyl (C=O) groups is 2. The van der Waals surface area contributed by atoms with Gasteiger partial charge in [0.2, 0.25) is 0 Å². The highest BCUT2D eigenvalue weighted by molar-refractivity contribution is 7.91. The van der Waals surface area contributed by atoms with Gasteiger partial charge in [0.05, 0.1) is 5.92 Å². The third-order valence-corrected chi connectivity index (χ3v) is 8.07. The van der Waals surface area contributed by atoms with E-state index >= 15 is 0 Å². The van der Waals surface area contributed by atoms with Crippen molar-refractivity contribution in [1.29, 1.82) is 0 Å². The number of piperidine rings is 1. The normalized spacial score (nSPS) is 15.7. The maximum Gasteiger partial charge on any atom is 0.309 e. The summed E-state index contributed by atoms with van der Waals surface area (Å²) >= 11 is 1.18. The molecule has 1 N–H and O–H groups in total. The molecule has 1 aromatic heterocycles. The fraction of sp³-hybridized carbons (Fsp3) is 0.400. The van der Waals surface area contributed by atoms with Crippen LogP contribution in [0, 0.1) is 5.92 Å². The number of amides is 1. The van der Waals surface area contributed by atoms with E-state index in [1.807, 2.05) is 30.3 Å². The largest absolute Gasteiger partial charge is 0.455 e. The van der Waals surface area contributed by atoms with E-state index in [-0.39, 0.29) is 31.5 Å². The van der Waals surface area contributed by atoms with E-state index < -0.39 is 16.0 Å². The number of carbonyl (C=O) groups excluding carboxylic acids is 2. The zero-order chi connectivity index (χ0) is 20.7. The summed E-state index contributed by atoms with van der Waals surface area (Å²) < 4.78 is 31.9. The molecule has 156 valence electrons. The van der Waals surface area contributed by atoms with Gasteiger partial charge in [-0.05, 0) is 36.3 Å². The van der Waals surface area contributed by atoms with Gasteiger partial charge >= 0.3 is 5.97 Å². The van der Waals surface area contributed by atoms with Crippen molar-refractivity contribution < 1.29 is 22.7 Å². The van der Waals surface area contributed by atoms with E-state index in [1.165, 1.54) is 15.6 Å². The molecule has 0 spiro atoms. The predicted octanol–water partition coefficient (Wildman–Crippen LogP) is 2.05. The SMILES string of the molecule is O=C(COC(=O)C1CCN(S(=O)(=O)c2cccs2)CC1)NCCc1ccccc1. The maximum absolute atomic E-state index is 12.5. The first-order chi connectivity index (χ1) is 14.0. The van der Waals surface area contributed by atoms with Crippen LogP contribution in [-0.4, -0.2) is 50.8 Å². The van der Waals surface area contributed by atoms with Gasteiger partial charge in [0.15, 0.2) is 6.61 Å². The lowest BCUT2D eigenvalue weighted by Gasteiger charge is -2.29. The lowest BCUT2D eigenvalue weighted by atomic mass is 9.98. The van der Waals surface area contributed by atoms with E-state index in [2.05, 4.69) is 5.32 Å². The molecule has 1 aliphatic heterocycles. The summed E-state index contributed by atoms with van der Waals surface area (Å²) in [6.07, 6.45) is 1.48. The minimum absolute atomic E-state index is 0.267. The van der Waals surface area contributed by atoms with Gasteiger partial charge in [-0.2, -0.15) is 4.31 Å². The molecule has 0 bridgehead atoms. The van der Waals surface area contributed by atoms with Gasteiger partial charge in [-0.3, -0.25) is 9.59 Å². The molecule has 2 aromatic rings. The van der Waals surface area contributed by atoms with Crippen LogP contribution in [0.4, 0.5) is 0 Å². The van der Waals surface area contributed by atoms with Crippen LogP contribution in [0.15, 0.2) is 52.1 Å². The summed E-state index contributed by atoms with van der Waals surface area (Å²) in [4.78, 5) is 24.1. The molecule has 2 heterocycles. The Morgan fingerprint density at radius 1 is 1.10 bits per heavy atom. The van der Waals surface area contributed by atoms with Gasteiger partial charge in [-0.25, -0.2) is 8.42 Å². The Morgan fingerprint density at radius 3 is 2.48 bits per heavy atom. The Bertz CT molecular complexity index is 906. The molecular weight excluding hydrogens is 412 g/mol. The zero-order valence-corrected chi connectivity index (χ0v) is 17.6. The zero-order valence-electron chi connectivity index (χ0n) is 16.0. The van der Waals surface area contributed by atoms with Crippen molar-refractivity contribution >= 4 is 33.2 Å². The molecule has 0 unspecified atom stereocenters. The van der Waals surface area contributed by atoms with Gasteiger partial charge in [-0.15, -0.1) is 11.3 Å². The van der Waals surface area contributed by atoms with Gasteiger partial charge in [0, 0.05) is 19.6 Å². The number of sulfonamides is 1. The molecule has 1 aliphatic rings. The third kappa shape index (κ3) is 5.88. The van der Waals surface area contributed by atoms with E-state index in [0.717, 1.165) is 5.56 Å². The number of ether oxygens (including phenoxy) is 1. The topological polar surface area (TPSA) is 92.8 Å². The van der Waals surface area contributed by atoms with Crippen LogP contribution in [0.1, 0.15) is 18.4 Å². The highest BCUT2D eigenvalue weighted by atomic mass is 32.2. The Balaban J connectivity index is 1.37. The number of nitrogens with zero attached hydrogens (tertiary/aromatic N) is 1. The van der Waals surface area contributed by atoms with Gasteiger partial charge < -0.3 is 10.1 Å². The van der Waals surface area contributed by atoms with Gasteiger partial charge in [0.1, 0.15) is 4.21 Å². The fourth-order valence-corrected chi connectivity index (χ4v) is 5.78. The van der Waals surface area contributed by atoms with Crippen molar-refractivity contribution in [3.63, 3.8) is 0 Å². The molecule has 0 atom stereocenters. The van der Waals surface area contributed by atoms with Crippen molar-refractivity contribution in [2.45, 2.75) is 23.5 Å². The number of nitrogens with one attached hydrogen (secondary N) is 1. The lowest BCUT2D eigenvalue weighted by Crippen LogP contribution is -2.41. The molecule has 1 saturated heterocycles. The lowest BCUT2D eigenvalue weighted by molar-refractivity contribution is -0.153. The average molecular weight is 437 g/mol. The fourth-order valence-electron chi connectivity index (χ4n) is 3.17. The predicted molar refractivity (Wildman–Crippen MR) is 110 cm³/mol. The Kier molecular flexibility index (Phi) is 7.40. The Hall–Kier alpha value is -2.23. The first-order valence-corrected chi connectivity index (χ1v) is 11.8.